The number of nitrogens with zero attached hydrogens (tertiary/aromatic N) is 4. The molecular formula is C25H32N4O3. The zero-order chi connectivity index (χ0) is 21.9. The van der Waals surface area contributed by atoms with Crippen molar-refractivity contribution in [2.45, 2.75) is 25.8 Å². The minimum Gasteiger partial charge on any atom is -0.488 e. The second-order valence-electron chi connectivity index (χ2n) is 8.88. The molecule has 0 aliphatic carbocycles. The summed E-state index contributed by atoms with van der Waals surface area (Å²) in [6, 6.07) is 11.8. The number of hydrogen-bond donors (Lipinski definition) is 0. The van der Waals surface area contributed by atoms with Crippen LogP contribution in [0.1, 0.15) is 30.1 Å². The molecule has 7 heteroatoms. The zero-order valence-electron chi connectivity index (χ0n) is 18.8. The van der Waals surface area contributed by atoms with Gasteiger partial charge >= 0.3 is 0 Å². The molecule has 1 amide bonds. The van der Waals surface area contributed by atoms with Crippen molar-refractivity contribution in [3.8, 4) is 17.4 Å². The normalized spacial score (nSPS) is 26.6. The van der Waals surface area contributed by atoms with Gasteiger partial charge in [0.25, 0.3) is 5.91 Å². The molecule has 2 aromatic rings. The molecule has 2 fully saturated rings. The van der Waals surface area contributed by atoms with Gasteiger partial charge in [-0.3, -0.25) is 9.69 Å². The summed E-state index contributed by atoms with van der Waals surface area (Å²) >= 11 is 0. The van der Waals surface area contributed by atoms with Gasteiger partial charge < -0.3 is 19.3 Å². The Balaban J connectivity index is 1.46. The van der Waals surface area contributed by atoms with Crippen molar-refractivity contribution in [2.75, 3.05) is 52.4 Å². The fourth-order valence-electron chi connectivity index (χ4n) is 5.34. The first-order valence-electron chi connectivity index (χ1n) is 11.8. The van der Waals surface area contributed by atoms with E-state index in [-0.39, 0.29) is 5.91 Å². The highest BCUT2D eigenvalue weighted by Gasteiger charge is 2.37. The maximum absolute atomic E-state index is 13.4. The highest BCUT2D eigenvalue weighted by Crippen LogP contribution is 2.34. The molecule has 32 heavy (non-hydrogen) atoms. The average Bonchev–Trinajstić information content (AvgIpc) is 3.20. The van der Waals surface area contributed by atoms with Crippen LogP contribution in [0.2, 0.25) is 0 Å². The molecule has 0 radical (unpaired) electrons. The van der Waals surface area contributed by atoms with Gasteiger partial charge in [-0.2, -0.15) is 0 Å². The summed E-state index contributed by atoms with van der Waals surface area (Å²) in [5.74, 6) is 2.26. The van der Waals surface area contributed by atoms with Crippen LogP contribution in [0, 0.1) is 5.92 Å². The van der Waals surface area contributed by atoms with Crippen molar-refractivity contribution in [3.63, 3.8) is 0 Å². The Kier molecular flexibility index (Phi) is 6.28. The van der Waals surface area contributed by atoms with E-state index in [1.165, 1.54) is 32.5 Å². The van der Waals surface area contributed by atoms with E-state index in [1.54, 1.807) is 18.3 Å². The van der Waals surface area contributed by atoms with Crippen molar-refractivity contribution in [2.24, 2.45) is 5.92 Å². The van der Waals surface area contributed by atoms with Crippen molar-refractivity contribution in [1.82, 2.24) is 19.7 Å². The maximum Gasteiger partial charge on any atom is 0.259 e. The highest BCUT2D eigenvalue weighted by molar-refractivity contribution is 5.96. The number of benzene rings is 1. The molecule has 2 bridgehead atoms. The lowest BCUT2D eigenvalue weighted by atomic mass is 9.92. The number of likely N-dealkylation sites (N-methyl/N-ethyl adjacent to an activating group) is 1. The van der Waals surface area contributed by atoms with E-state index >= 15 is 0 Å². The third kappa shape index (κ3) is 4.32. The second kappa shape index (κ2) is 9.46. The summed E-state index contributed by atoms with van der Waals surface area (Å²) in [6.45, 7) is 9.24. The van der Waals surface area contributed by atoms with Crippen LogP contribution >= 0.6 is 0 Å². The van der Waals surface area contributed by atoms with Gasteiger partial charge in [0.05, 0.1) is 0 Å². The molecule has 2 saturated heterocycles. The number of rotatable bonds is 2. The molecule has 5 rings (SSSR count). The van der Waals surface area contributed by atoms with E-state index in [0.29, 0.717) is 54.6 Å². The molecule has 1 aromatic carbocycles. The first-order chi connectivity index (χ1) is 15.7. The van der Waals surface area contributed by atoms with Crippen molar-refractivity contribution >= 4 is 5.91 Å². The third-order valence-electron chi connectivity index (χ3n) is 7.08. The van der Waals surface area contributed by atoms with Crippen LogP contribution in [-0.2, 0) is 0 Å². The minimum atomic E-state index is -0.0381. The monoisotopic (exact) mass is 436 g/mol. The number of hydrogen-bond acceptors (Lipinski definition) is 6. The molecule has 1 aromatic heterocycles. The lowest BCUT2D eigenvalue weighted by Crippen LogP contribution is -2.50. The fourth-order valence-corrected chi connectivity index (χ4v) is 5.34. The largest absolute Gasteiger partial charge is 0.488 e. The van der Waals surface area contributed by atoms with E-state index in [2.05, 4.69) is 14.8 Å². The molecule has 3 unspecified atom stereocenters. The fraction of sp³-hybridized carbons (Fsp3) is 0.520. The quantitative estimate of drug-likeness (QED) is 0.721. The number of para-hydroxylation sites is 2. The van der Waals surface area contributed by atoms with Crippen LogP contribution in [0.3, 0.4) is 0 Å². The van der Waals surface area contributed by atoms with Crippen molar-refractivity contribution < 1.29 is 14.3 Å². The summed E-state index contributed by atoms with van der Waals surface area (Å²) in [4.78, 5) is 24.9. The van der Waals surface area contributed by atoms with Gasteiger partial charge in [-0.1, -0.05) is 12.1 Å². The van der Waals surface area contributed by atoms with Crippen molar-refractivity contribution in [3.05, 3.63) is 48.2 Å². The van der Waals surface area contributed by atoms with Crippen LogP contribution < -0.4 is 9.47 Å². The van der Waals surface area contributed by atoms with Gasteiger partial charge in [-0.25, -0.2) is 4.98 Å². The Morgan fingerprint density at radius 2 is 1.84 bits per heavy atom. The highest BCUT2D eigenvalue weighted by atomic mass is 16.5. The van der Waals surface area contributed by atoms with E-state index in [1.807, 2.05) is 36.1 Å². The number of carbonyl (C=O) groups is 1. The first-order valence-corrected chi connectivity index (χ1v) is 11.8. The Morgan fingerprint density at radius 3 is 2.72 bits per heavy atom. The molecule has 3 aliphatic rings. The Hall–Kier alpha value is -2.64. The van der Waals surface area contributed by atoms with Gasteiger partial charge in [-0.05, 0) is 63.0 Å². The number of piperidine rings is 1. The lowest BCUT2D eigenvalue weighted by Gasteiger charge is -2.39. The molecule has 0 spiro atoms. The van der Waals surface area contributed by atoms with Gasteiger partial charge in [-0.15, -0.1) is 0 Å². The Morgan fingerprint density at radius 1 is 1.00 bits per heavy atom. The number of carbonyl (C=O) groups excluding carboxylic acids is 1. The van der Waals surface area contributed by atoms with Gasteiger partial charge in [0.15, 0.2) is 11.5 Å². The van der Waals surface area contributed by atoms with Crippen LogP contribution in [0.5, 0.6) is 17.4 Å². The van der Waals surface area contributed by atoms with Crippen LogP contribution in [0.4, 0.5) is 0 Å². The molecule has 3 atom stereocenters. The van der Waals surface area contributed by atoms with Gasteiger partial charge in [0.1, 0.15) is 12.2 Å². The summed E-state index contributed by atoms with van der Waals surface area (Å²) in [5, 5.41) is 0. The summed E-state index contributed by atoms with van der Waals surface area (Å²) in [6.07, 6.45) is 4.12. The van der Waals surface area contributed by atoms with Gasteiger partial charge in [0, 0.05) is 45.0 Å². The van der Waals surface area contributed by atoms with Crippen LogP contribution in [0.15, 0.2) is 42.6 Å². The number of fused-ring (bicyclic) bond motifs is 4. The number of aromatic nitrogens is 1. The number of amides is 1. The SMILES string of the molecule is CCN1CCN(C2CCN3CCC2C3)CCOc2ccccc2Oc2ncccc2C1=O. The molecule has 4 heterocycles. The van der Waals surface area contributed by atoms with E-state index in [4.69, 9.17) is 9.47 Å². The number of ether oxygens (including phenoxy) is 2. The number of pyridine rings is 1. The van der Waals surface area contributed by atoms with Gasteiger partial charge in [0.2, 0.25) is 5.88 Å². The summed E-state index contributed by atoms with van der Waals surface area (Å²) in [5.41, 5.74) is 0.485. The van der Waals surface area contributed by atoms with Crippen LogP contribution in [-0.4, -0.2) is 84.1 Å². The van der Waals surface area contributed by atoms with E-state index in [9.17, 15) is 4.79 Å². The molecule has 3 aliphatic heterocycles. The predicted molar refractivity (Wildman–Crippen MR) is 122 cm³/mol. The maximum atomic E-state index is 13.4. The van der Waals surface area contributed by atoms with Crippen molar-refractivity contribution in [1.29, 1.82) is 0 Å². The standard InChI is InChI=1S/C25H32N4O3/c1-2-28-14-15-29(21-10-13-27-12-9-19(21)18-27)16-17-31-22-7-3-4-8-23(22)32-24-20(25(28)30)6-5-11-26-24/h3-8,11,19,21H,2,9-10,12-18H2,1H3. The molecule has 0 N–H and O–H groups in total. The minimum absolute atomic E-state index is 0.0381. The molecule has 7 nitrogen and oxygen atoms in total. The summed E-state index contributed by atoms with van der Waals surface area (Å²) < 4.78 is 12.3. The molecule has 170 valence electrons. The van der Waals surface area contributed by atoms with E-state index < -0.39 is 0 Å². The summed E-state index contributed by atoms with van der Waals surface area (Å²) in [7, 11) is 0. The Bertz CT molecular complexity index is 952. The molecular weight excluding hydrogens is 404 g/mol. The zero-order valence-corrected chi connectivity index (χ0v) is 18.8. The second-order valence-corrected chi connectivity index (χ2v) is 8.88. The Labute approximate surface area is 189 Å². The van der Waals surface area contributed by atoms with E-state index in [0.717, 1.165) is 13.1 Å². The molecule has 0 saturated carbocycles. The topological polar surface area (TPSA) is 58.1 Å². The lowest BCUT2D eigenvalue weighted by molar-refractivity contribution is 0.0620. The first kappa shape index (κ1) is 21.2. The predicted octanol–water partition coefficient (Wildman–Crippen LogP) is 3.12. The average molecular weight is 437 g/mol. The van der Waals surface area contributed by atoms with Crippen LogP contribution in [0.25, 0.3) is 0 Å². The smallest absolute Gasteiger partial charge is 0.259 e. The third-order valence-corrected chi connectivity index (χ3v) is 7.08.